The third kappa shape index (κ3) is 3.89. The van der Waals surface area contributed by atoms with Gasteiger partial charge in [-0.25, -0.2) is 0 Å². The summed E-state index contributed by atoms with van der Waals surface area (Å²) in [6.07, 6.45) is 1.40. The lowest BCUT2D eigenvalue weighted by atomic mass is 9.96. The van der Waals surface area contributed by atoms with Crippen molar-refractivity contribution in [1.82, 2.24) is 5.32 Å². The Morgan fingerprint density at radius 1 is 1.57 bits per heavy atom. The molecule has 0 aliphatic heterocycles. The van der Waals surface area contributed by atoms with Crippen LogP contribution in [0.2, 0.25) is 5.02 Å². The predicted octanol–water partition coefficient (Wildman–Crippen LogP) is 2.69. The number of halogens is 1. The number of rotatable bonds is 6. The molecule has 4 nitrogen and oxygen atoms in total. The van der Waals surface area contributed by atoms with Crippen molar-refractivity contribution in [3.05, 3.63) is 28.8 Å². The number of carbonyl (C=O) groups is 1. The normalized spacial score (nSPS) is 18.7. The molecule has 2 rings (SSSR count). The van der Waals surface area contributed by atoms with Gasteiger partial charge in [0, 0.05) is 0 Å². The quantitative estimate of drug-likeness (QED) is 0.849. The second-order valence-corrected chi connectivity index (χ2v) is 6.44. The van der Waals surface area contributed by atoms with E-state index in [2.05, 4.69) is 5.32 Å². The van der Waals surface area contributed by atoms with E-state index >= 15 is 0 Å². The molecule has 0 aromatic heterocycles. The number of hydrogen-bond donors (Lipinski definition) is 2. The van der Waals surface area contributed by atoms with Crippen LogP contribution in [0, 0.1) is 12.8 Å². The van der Waals surface area contributed by atoms with Crippen molar-refractivity contribution in [1.29, 1.82) is 0 Å². The Morgan fingerprint density at radius 2 is 2.24 bits per heavy atom. The number of ether oxygens (including phenoxy) is 1. The third-order valence-corrected chi connectivity index (χ3v) is 4.29. The molecule has 0 bridgehead atoms. The molecule has 116 valence electrons. The zero-order valence-electron chi connectivity index (χ0n) is 12.6. The van der Waals surface area contributed by atoms with E-state index in [4.69, 9.17) is 16.3 Å². The zero-order valence-corrected chi connectivity index (χ0v) is 13.4. The molecule has 2 unspecified atom stereocenters. The number of carbonyl (C=O) groups excluding carboxylic acids is 1. The average molecular weight is 312 g/mol. The van der Waals surface area contributed by atoms with Gasteiger partial charge < -0.3 is 15.2 Å². The summed E-state index contributed by atoms with van der Waals surface area (Å²) in [5.74, 6) is 0.605. The molecule has 1 saturated carbocycles. The molecule has 0 saturated heterocycles. The summed E-state index contributed by atoms with van der Waals surface area (Å²) >= 11 is 6.07. The molecule has 0 heterocycles. The topological polar surface area (TPSA) is 58.6 Å². The Labute approximate surface area is 130 Å². The van der Waals surface area contributed by atoms with Crippen LogP contribution >= 0.6 is 11.6 Å². The van der Waals surface area contributed by atoms with E-state index in [0.717, 1.165) is 18.4 Å². The van der Waals surface area contributed by atoms with E-state index in [-0.39, 0.29) is 12.5 Å². The lowest BCUT2D eigenvalue weighted by molar-refractivity contribution is -0.130. The van der Waals surface area contributed by atoms with Gasteiger partial charge in [-0.2, -0.15) is 0 Å². The second kappa shape index (κ2) is 6.24. The van der Waals surface area contributed by atoms with Crippen molar-refractivity contribution in [2.24, 2.45) is 5.92 Å². The third-order valence-electron chi connectivity index (χ3n) is 3.98. The van der Waals surface area contributed by atoms with E-state index in [1.54, 1.807) is 19.1 Å². The first kappa shape index (κ1) is 16.1. The molecular weight excluding hydrogens is 290 g/mol. The summed E-state index contributed by atoms with van der Waals surface area (Å²) < 4.78 is 5.65. The standard InChI is InChI=1S/C16H22ClNO3/c1-10-4-7-13(17)14(8-10)21-11(2)15(20)18-16(3,9-19)12-5-6-12/h4,7-8,11-12,19H,5-6,9H2,1-3H3,(H,18,20). The van der Waals surface area contributed by atoms with Gasteiger partial charge in [0.1, 0.15) is 5.75 Å². The summed E-state index contributed by atoms with van der Waals surface area (Å²) in [6, 6.07) is 5.44. The SMILES string of the molecule is Cc1ccc(Cl)c(OC(C)C(=O)NC(C)(CO)C2CC2)c1. The minimum absolute atomic E-state index is 0.0681. The summed E-state index contributed by atoms with van der Waals surface area (Å²) in [5, 5.41) is 12.9. The molecule has 2 atom stereocenters. The van der Waals surface area contributed by atoms with E-state index in [1.807, 2.05) is 19.9 Å². The number of aliphatic hydroxyl groups excluding tert-OH is 1. The summed E-state index contributed by atoms with van der Waals surface area (Å²) in [4.78, 5) is 12.3. The molecule has 1 amide bonds. The highest BCUT2D eigenvalue weighted by Gasteiger charge is 2.42. The molecule has 0 spiro atoms. The van der Waals surface area contributed by atoms with Crippen LogP contribution in [-0.4, -0.2) is 29.3 Å². The Bertz CT molecular complexity index is 530. The van der Waals surface area contributed by atoms with Crippen LogP contribution in [0.3, 0.4) is 0 Å². The van der Waals surface area contributed by atoms with Gasteiger partial charge in [-0.15, -0.1) is 0 Å². The van der Waals surface area contributed by atoms with Gasteiger partial charge in [0.15, 0.2) is 6.10 Å². The van der Waals surface area contributed by atoms with Gasteiger partial charge in [0.25, 0.3) is 5.91 Å². The minimum atomic E-state index is -0.672. The van der Waals surface area contributed by atoms with E-state index < -0.39 is 11.6 Å². The predicted molar refractivity (Wildman–Crippen MR) is 82.6 cm³/mol. The van der Waals surface area contributed by atoms with Gasteiger partial charge in [0.2, 0.25) is 0 Å². The lowest BCUT2D eigenvalue weighted by Gasteiger charge is -2.30. The highest BCUT2D eigenvalue weighted by Crippen LogP contribution is 2.39. The molecular formula is C16H22ClNO3. The lowest BCUT2D eigenvalue weighted by Crippen LogP contribution is -2.54. The van der Waals surface area contributed by atoms with Crippen LogP contribution in [-0.2, 0) is 4.79 Å². The molecule has 1 aromatic rings. The monoisotopic (exact) mass is 311 g/mol. The Morgan fingerprint density at radius 3 is 2.81 bits per heavy atom. The maximum absolute atomic E-state index is 12.3. The van der Waals surface area contributed by atoms with Crippen molar-refractivity contribution >= 4 is 17.5 Å². The molecule has 5 heteroatoms. The van der Waals surface area contributed by atoms with Crippen LogP contribution in [0.15, 0.2) is 18.2 Å². The molecule has 21 heavy (non-hydrogen) atoms. The first-order valence-electron chi connectivity index (χ1n) is 7.21. The minimum Gasteiger partial charge on any atom is -0.479 e. The summed E-state index contributed by atoms with van der Waals surface area (Å²) in [7, 11) is 0. The van der Waals surface area contributed by atoms with Crippen molar-refractivity contribution in [2.75, 3.05) is 6.61 Å². The van der Waals surface area contributed by atoms with Gasteiger partial charge in [-0.05, 0) is 57.2 Å². The van der Waals surface area contributed by atoms with E-state index in [0.29, 0.717) is 16.7 Å². The van der Waals surface area contributed by atoms with E-state index in [1.165, 1.54) is 0 Å². The molecule has 1 aliphatic carbocycles. The molecule has 2 N–H and O–H groups in total. The van der Waals surface area contributed by atoms with Crippen molar-refractivity contribution in [3.63, 3.8) is 0 Å². The Kier molecular flexibility index (Phi) is 4.79. The van der Waals surface area contributed by atoms with Crippen molar-refractivity contribution < 1.29 is 14.6 Å². The average Bonchev–Trinajstić information content (AvgIpc) is 3.27. The Balaban J connectivity index is 2.00. The summed E-state index contributed by atoms with van der Waals surface area (Å²) in [6.45, 7) is 5.42. The van der Waals surface area contributed by atoms with Crippen LogP contribution in [0.5, 0.6) is 5.75 Å². The number of hydrogen-bond acceptors (Lipinski definition) is 3. The highest BCUT2D eigenvalue weighted by molar-refractivity contribution is 6.32. The van der Waals surface area contributed by atoms with Crippen LogP contribution in [0.25, 0.3) is 0 Å². The van der Waals surface area contributed by atoms with Crippen LogP contribution in [0.4, 0.5) is 0 Å². The number of aryl methyl sites for hydroxylation is 1. The fourth-order valence-corrected chi connectivity index (χ4v) is 2.48. The van der Waals surface area contributed by atoms with Crippen molar-refractivity contribution in [3.8, 4) is 5.75 Å². The number of aliphatic hydroxyl groups is 1. The smallest absolute Gasteiger partial charge is 0.261 e. The maximum atomic E-state index is 12.3. The summed E-state index contributed by atoms with van der Waals surface area (Å²) in [5.41, 5.74) is 0.450. The van der Waals surface area contributed by atoms with Gasteiger partial charge >= 0.3 is 0 Å². The zero-order chi connectivity index (χ0) is 15.6. The van der Waals surface area contributed by atoms with Gasteiger partial charge in [0.05, 0.1) is 17.2 Å². The van der Waals surface area contributed by atoms with Crippen molar-refractivity contribution in [2.45, 2.75) is 45.3 Å². The van der Waals surface area contributed by atoms with E-state index in [9.17, 15) is 9.90 Å². The molecule has 1 aromatic carbocycles. The first-order valence-corrected chi connectivity index (χ1v) is 7.59. The van der Waals surface area contributed by atoms with Crippen LogP contribution < -0.4 is 10.1 Å². The molecule has 0 radical (unpaired) electrons. The largest absolute Gasteiger partial charge is 0.479 e. The fourth-order valence-electron chi connectivity index (χ4n) is 2.32. The number of amides is 1. The Hall–Kier alpha value is -1.26. The molecule has 1 fully saturated rings. The number of benzene rings is 1. The first-order chi connectivity index (χ1) is 9.85. The van der Waals surface area contributed by atoms with Crippen LogP contribution in [0.1, 0.15) is 32.3 Å². The van der Waals surface area contributed by atoms with Gasteiger partial charge in [-0.3, -0.25) is 4.79 Å². The highest BCUT2D eigenvalue weighted by atomic mass is 35.5. The molecule has 1 aliphatic rings. The van der Waals surface area contributed by atoms with Gasteiger partial charge in [-0.1, -0.05) is 17.7 Å². The number of nitrogens with one attached hydrogen (secondary N) is 1. The second-order valence-electron chi connectivity index (χ2n) is 6.03. The maximum Gasteiger partial charge on any atom is 0.261 e. The fraction of sp³-hybridized carbons (Fsp3) is 0.562.